The molecule has 5 heterocycles. The normalized spacial score (nSPS) is 29.0. The second kappa shape index (κ2) is 48.0. The highest BCUT2D eigenvalue weighted by Crippen LogP contribution is 2.49. The third-order valence-corrected chi connectivity index (χ3v) is 41.8. The second-order valence-electron chi connectivity index (χ2n) is 42.1. The molecule has 5 saturated heterocycles. The molecule has 6 aliphatic carbocycles. The molecule has 0 aromatic carbocycles. The standard InChI is InChI=1S/C17H35BN4O6S.C16H31BN4O6S.2C16H33BN4O6S.C15H31BN4O6S/c1-3-4-10-22(13(2)16(19)7-8-16)29(27,28)21-11-14(6-5-9-18(25)26)17(20,12-21)15(23)24;1-11(15(18)6-7-15)21(13-4-5-13)28(26,27)20-9-12(3-2-8-17(24)25)16(19,10-20)14(22)23;1-11(2)21(12(3)15(18)6-7-15)28(26,27)20-9-13(5-4-8-17(24)25)16(19,10-20)14(22)23;1-3-9-21(12(2)15(18)6-7-15)28(26,27)20-10-13(5-4-8-17(24)25)16(19,11-20)14(22)23;1-3-20(11(2)14(17)6-7-14)27(25,26)19-9-12(5-4-8-16(23)24)15(18,10-19)13(21)22/h13-14,25-26H,3-12,19-20H2,1-2H3,(H,23,24);11-13,24-25H,2-10,18-19H2,1H3,(H,22,23);11-13,24-25H,4-10,18-19H2,1-3H3,(H,22,23);12-13,24-25H,3-11,18-19H2,1-2H3,(H,22,23);11-12,23-24H,3-10,17-18H2,1-2H3,(H,21,22)/t13?,14-,17-;11?,12-,16-;2*12?,13-,16-;11?,12-,15-/m00000/s1. The Bertz CT molecular complexity index is 4650. The topological polar surface area (TPSA) is 852 Å². The van der Waals surface area contributed by atoms with Crippen LogP contribution in [0.3, 0.4) is 0 Å². The van der Waals surface area contributed by atoms with Gasteiger partial charge in [-0.2, -0.15) is 85.1 Å². The maximum absolute atomic E-state index is 13.5. The molecular formula is C80H163B5N20O30S5. The SMILES string of the molecule is CC(C)N(C(C)C1(N)CC1)S(=O)(=O)N1C[C@H](CCCB(O)O)[C@](N)(C(=O)O)C1.CC(N(C1CC1)S(=O)(=O)N1C[C@H](CCCB(O)O)[C@](N)(C(=O)O)C1)C1(N)CC1.CCCCN(C(C)C1(N)CC1)S(=O)(=O)N1C[C@H](CCCB(O)O)[C@](N)(C(=O)O)C1.CCCN(C(C)C1(N)CC1)S(=O)(=O)N1C[C@H](CCCB(O)O)[C@](N)(C(=O)O)C1.CCN(C(C)C1(N)CC1)S(=O)(=O)N1C[C@H](CCCB(O)O)[C@](N)(C(=O)O)C1. The van der Waals surface area contributed by atoms with Crippen LogP contribution in [0.15, 0.2) is 0 Å². The smallest absolute Gasteiger partial charge is 0.451 e. The van der Waals surface area contributed by atoms with Gasteiger partial charge < -0.3 is 133 Å². The average Bonchev–Trinajstić information content (AvgIpc) is 1.60. The number of aliphatic carboxylic acids is 5. The van der Waals surface area contributed by atoms with Gasteiger partial charge in [-0.05, 0) is 202 Å². The molecule has 60 heteroatoms. The van der Waals surface area contributed by atoms with Crippen LogP contribution in [0.2, 0.25) is 31.6 Å². The van der Waals surface area contributed by atoms with Gasteiger partial charge in [-0.1, -0.05) is 59.3 Å². The van der Waals surface area contributed by atoms with Gasteiger partial charge in [0.2, 0.25) is 0 Å². The Labute approximate surface area is 827 Å². The highest BCUT2D eigenvalue weighted by Gasteiger charge is 2.64. The minimum Gasteiger partial charge on any atom is -0.480 e. The zero-order valence-corrected chi connectivity index (χ0v) is 86.9. The summed E-state index contributed by atoms with van der Waals surface area (Å²) in [5.41, 5.74) is 50.7. The van der Waals surface area contributed by atoms with Crippen molar-refractivity contribution in [2.24, 2.45) is 86.9 Å². The lowest BCUT2D eigenvalue weighted by molar-refractivity contribution is -0.145. The first-order valence-corrected chi connectivity index (χ1v) is 56.0. The van der Waals surface area contributed by atoms with Gasteiger partial charge in [0.25, 0.3) is 51.0 Å². The minimum absolute atomic E-state index is 0.000167. The number of carbonyl (C=O) groups is 5. The number of nitrogens with two attached hydrogens (primary N) is 10. The lowest BCUT2D eigenvalue weighted by Crippen LogP contribution is -2.58. The van der Waals surface area contributed by atoms with Crippen LogP contribution >= 0.6 is 0 Å². The molecule has 15 atom stereocenters. The fourth-order valence-electron chi connectivity index (χ4n) is 20.1. The molecule has 5 unspecified atom stereocenters. The van der Waals surface area contributed by atoms with Crippen molar-refractivity contribution < 1.29 is 142 Å². The second-order valence-corrected chi connectivity index (χ2v) is 51.4. The number of carboxylic acid groups (broad SMARTS) is 5. The summed E-state index contributed by atoms with van der Waals surface area (Å²) in [4.78, 5) is 59.1. The summed E-state index contributed by atoms with van der Waals surface area (Å²) >= 11 is 0. The number of nitrogens with zero attached hydrogens (tertiary/aromatic N) is 10. The van der Waals surface area contributed by atoms with Crippen molar-refractivity contribution in [3.8, 4) is 0 Å². The van der Waals surface area contributed by atoms with Gasteiger partial charge in [-0.25, -0.2) is 0 Å². The molecule has 0 spiro atoms. The van der Waals surface area contributed by atoms with Crippen LogP contribution in [-0.2, 0) is 75.0 Å². The molecule has 35 N–H and O–H groups in total. The molecule has 6 saturated carbocycles. The summed E-state index contributed by atoms with van der Waals surface area (Å²) in [5.74, 6) is -9.38. The Kier molecular flexibility index (Phi) is 42.2. The van der Waals surface area contributed by atoms with Gasteiger partial charge in [0, 0.05) is 185 Å². The maximum atomic E-state index is 13.5. The molecule has 0 bridgehead atoms. The molecule has 50 nitrogen and oxygen atoms in total. The van der Waals surface area contributed by atoms with Gasteiger partial charge >= 0.3 is 65.4 Å². The quantitative estimate of drug-likeness (QED) is 0.0252. The fraction of sp³-hybridized carbons (Fsp3) is 0.938. The van der Waals surface area contributed by atoms with Crippen LogP contribution in [0, 0.1) is 29.6 Å². The first-order valence-electron chi connectivity index (χ1n) is 49.1. The third kappa shape index (κ3) is 29.1. The van der Waals surface area contributed by atoms with Crippen molar-refractivity contribution in [3.05, 3.63) is 0 Å². The molecule has 11 aliphatic rings. The summed E-state index contributed by atoms with van der Waals surface area (Å²) in [6.45, 7) is 17.3. The lowest BCUT2D eigenvalue weighted by atomic mass is 9.78. The van der Waals surface area contributed by atoms with Crippen LogP contribution in [0.25, 0.3) is 0 Å². The Morgan fingerprint density at radius 1 is 0.314 bits per heavy atom. The van der Waals surface area contributed by atoms with Crippen LogP contribution in [0.4, 0.5) is 0 Å². The van der Waals surface area contributed by atoms with Gasteiger partial charge in [-0.3, -0.25) is 24.0 Å². The van der Waals surface area contributed by atoms with Crippen LogP contribution in [-0.4, -0.2) is 409 Å². The van der Waals surface area contributed by atoms with E-state index < -0.39 is 220 Å². The van der Waals surface area contributed by atoms with E-state index in [4.69, 9.17) is 108 Å². The van der Waals surface area contributed by atoms with E-state index in [9.17, 15) is 91.6 Å². The van der Waals surface area contributed by atoms with Crippen molar-refractivity contribution in [1.29, 1.82) is 0 Å². The highest BCUT2D eigenvalue weighted by molar-refractivity contribution is 7.88. The van der Waals surface area contributed by atoms with E-state index in [0.29, 0.717) is 64.5 Å². The molecule has 0 aromatic rings. The first kappa shape index (κ1) is 123. The monoisotopic (exact) mass is 2100 g/mol. The molecule has 11 rings (SSSR count). The zero-order chi connectivity index (χ0) is 106. The van der Waals surface area contributed by atoms with Gasteiger partial charge in [0.15, 0.2) is 0 Å². The average molecular weight is 2100 g/mol. The van der Waals surface area contributed by atoms with E-state index in [2.05, 4.69) is 0 Å². The number of hydrogen-bond acceptors (Lipinski definition) is 35. The molecule has 808 valence electrons. The van der Waals surface area contributed by atoms with Crippen molar-refractivity contribution in [2.75, 3.05) is 85.1 Å². The first-order chi connectivity index (χ1) is 64.3. The Balaban J connectivity index is 0.000000238. The highest BCUT2D eigenvalue weighted by atomic mass is 32.2. The van der Waals surface area contributed by atoms with E-state index in [1.54, 1.807) is 41.5 Å². The third-order valence-electron chi connectivity index (χ3n) is 31.3. The predicted molar refractivity (Wildman–Crippen MR) is 525 cm³/mol. The van der Waals surface area contributed by atoms with Gasteiger partial charge in [0.1, 0.15) is 27.7 Å². The number of hydrogen-bond donors (Lipinski definition) is 25. The van der Waals surface area contributed by atoms with Gasteiger partial charge in [-0.15, -0.1) is 0 Å². The largest absolute Gasteiger partial charge is 0.480 e. The summed E-state index contributed by atoms with van der Waals surface area (Å²) < 4.78 is 146. The van der Waals surface area contributed by atoms with Crippen LogP contribution < -0.4 is 57.3 Å². The van der Waals surface area contributed by atoms with Crippen LogP contribution in [0.1, 0.15) is 230 Å². The molecule has 140 heavy (non-hydrogen) atoms. The minimum atomic E-state index is -3.98. The van der Waals surface area contributed by atoms with Crippen molar-refractivity contribution in [2.45, 2.75) is 359 Å². The number of carboxylic acids is 5. The zero-order valence-electron chi connectivity index (χ0n) is 82.8. The Morgan fingerprint density at radius 3 is 0.750 bits per heavy atom. The summed E-state index contributed by atoms with van der Waals surface area (Å²) in [7, 11) is -27.1. The summed E-state index contributed by atoms with van der Waals surface area (Å²) in [6.07, 6.45) is 14.7. The van der Waals surface area contributed by atoms with Crippen molar-refractivity contribution >= 4 is 116 Å². The molecule has 0 amide bonds. The molecular weight excluding hydrogens is 1940 g/mol. The molecule has 11 fully saturated rings. The summed E-state index contributed by atoms with van der Waals surface area (Å²) in [6, 6.07) is -2.39. The van der Waals surface area contributed by atoms with E-state index in [1.807, 2.05) is 27.7 Å². The predicted octanol–water partition coefficient (Wildman–Crippen LogP) is -6.30. The molecule has 0 aromatic heterocycles. The van der Waals surface area contributed by atoms with Crippen molar-refractivity contribution in [3.63, 3.8) is 0 Å². The lowest BCUT2D eigenvalue weighted by Gasteiger charge is -2.37. The van der Waals surface area contributed by atoms with E-state index in [0.717, 1.165) is 96.4 Å². The molecule has 5 aliphatic heterocycles. The van der Waals surface area contributed by atoms with E-state index in [1.165, 1.54) is 30.1 Å². The Hall–Kier alpha value is -3.78. The maximum Gasteiger partial charge on any atom is 0.451 e. The van der Waals surface area contributed by atoms with E-state index in [-0.39, 0.29) is 153 Å². The van der Waals surface area contributed by atoms with E-state index >= 15 is 0 Å². The Morgan fingerprint density at radius 2 is 0.536 bits per heavy atom. The number of unbranched alkanes of at least 4 members (excludes halogenated alkanes) is 1. The number of rotatable bonds is 53. The summed E-state index contributed by atoms with van der Waals surface area (Å²) in [5, 5.41) is 138. The fourth-order valence-corrected chi connectivity index (χ4v) is 30.5. The molecule has 0 radical (unpaired) electrons. The number of likely N-dealkylation sites (N-methyl/N-ethyl adjacent to an activating group) is 1. The van der Waals surface area contributed by atoms with Crippen molar-refractivity contribution in [1.82, 2.24) is 43.1 Å². The van der Waals surface area contributed by atoms with Gasteiger partial charge in [0.05, 0.1) is 0 Å². The van der Waals surface area contributed by atoms with Crippen LogP contribution in [0.5, 0.6) is 0 Å².